The fourth-order valence-electron chi connectivity index (χ4n) is 1.54. The van der Waals surface area contributed by atoms with Crippen molar-refractivity contribution in [2.45, 2.75) is 0 Å². The van der Waals surface area contributed by atoms with Gasteiger partial charge >= 0.3 is 0 Å². The summed E-state index contributed by atoms with van der Waals surface area (Å²) in [6, 6.07) is 14.2. The number of halogens is 1. The number of amides is 1. The molecule has 0 saturated carbocycles. The van der Waals surface area contributed by atoms with Crippen LogP contribution in [0.15, 0.2) is 54.6 Å². The molecule has 0 unspecified atom stereocenters. The molecule has 2 N–H and O–H groups in total. The number of rotatable bonds is 4. The normalized spacial score (nSPS) is 10.5. The predicted molar refractivity (Wildman–Crippen MR) is 76.9 cm³/mol. The van der Waals surface area contributed by atoms with Crippen LogP contribution in [0.2, 0.25) is 5.02 Å². The first-order valence-electron chi connectivity index (χ1n) is 5.83. The summed E-state index contributed by atoms with van der Waals surface area (Å²) in [5.74, 6) is 0.630. The van der Waals surface area contributed by atoms with Crippen molar-refractivity contribution in [2.24, 2.45) is 0 Å². The van der Waals surface area contributed by atoms with E-state index in [4.69, 9.17) is 21.5 Å². The minimum Gasteiger partial charge on any atom is -0.457 e. The molecular formula is C15H12ClNO3. The third-order valence-corrected chi connectivity index (χ3v) is 2.74. The highest BCUT2D eigenvalue weighted by Gasteiger charge is 2.02. The zero-order chi connectivity index (χ0) is 14.4. The Hall–Kier alpha value is -2.30. The van der Waals surface area contributed by atoms with Crippen LogP contribution in [0.4, 0.5) is 0 Å². The molecule has 0 radical (unpaired) electrons. The minimum absolute atomic E-state index is 0.594. The molecule has 2 aromatic carbocycles. The van der Waals surface area contributed by atoms with Crippen molar-refractivity contribution in [3.05, 3.63) is 65.2 Å². The third-order valence-electron chi connectivity index (χ3n) is 2.48. The SMILES string of the molecule is O=C(/C=C/c1ccccc1Oc1ccc(Cl)cc1)NO. The van der Waals surface area contributed by atoms with Gasteiger partial charge in [-0.25, -0.2) is 5.48 Å². The van der Waals surface area contributed by atoms with Gasteiger partial charge in [0.1, 0.15) is 11.5 Å². The second-order valence-electron chi connectivity index (χ2n) is 3.90. The lowest BCUT2D eigenvalue weighted by molar-refractivity contribution is -0.124. The first kappa shape index (κ1) is 14.1. The Morgan fingerprint density at radius 3 is 2.55 bits per heavy atom. The van der Waals surface area contributed by atoms with Crippen LogP contribution in [0.3, 0.4) is 0 Å². The smallest absolute Gasteiger partial charge is 0.267 e. The van der Waals surface area contributed by atoms with Crippen molar-refractivity contribution < 1.29 is 14.7 Å². The molecule has 0 saturated heterocycles. The maximum atomic E-state index is 11.0. The van der Waals surface area contributed by atoms with Crippen molar-refractivity contribution in [1.29, 1.82) is 0 Å². The highest BCUT2D eigenvalue weighted by molar-refractivity contribution is 6.30. The summed E-state index contributed by atoms with van der Waals surface area (Å²) in [5.41, 5.74) is 2.24. The van der Waals surface area contributed by atoms with Crippen LogP contribution in [0, 0.1) is 0 Å². The van der Waals surface area contributed by atoms with Crippen molar-refractivity contribution in [1.82, 2.24) is 5.48 Å². The molecule has 0 spiro atoms. The molecule has 0 aliphatic rings. The van der Waals surface area contributed by atoms with E-state index in [-0.39, 0.29) is 0 Å². The summed E-state index contributed by atoms with van der Waals surface area (Å²) >= 11 is 5.81. The maximum absolute atomic E-state index is 11.0. The number of benzene rings is 2. The Morgan fingerprint density at radius 1 is 1.15 bits per heavy atom. The van der Waals surface area contributed by atoms with E-state index in [0.717, 1.165) is 0 Å². The molecule has 0 fully saturated rings. The van der Waals surface area contributed by atoms with Gasteiger partial charge in [-0.05, 0) is 36.4 Å². The van der Waals surface area contributed by atoms with Crippen LogP contribution < -0.4 is 10.2 Å². The number of para-hydroxylation sites is 1. The molecule has 0 heterocycles. The van der Waals surface area contributed by atoms with Crippen LogP contribution in [0.5, 0.6) is 11.5 Å². The highest BCUT2D eigenvalue weighted by atomic mass is 35.5. The Morgan fingerprint density at radius 2 is 1.85 bits per heavy atom. The average Bonchev–Trinajstić information content (AvgIpc) is 2.48. The van der Waals surface area contributed by atoms with E-state index < -0.39 is 5.91 Å². The van der Waals surface area contributed by atoms with Crippen LogP contribution in [0.25, 0.3) is 6.08 Å². The van der Waals surface area contributed by atoms with Gasteiger partial charge < -0.3 is 4.74 Å². The quantitative estimate of drug-likeness (QED) is 0.513. The maximum Gasteiger partial charge on any atom is 0.267 e. The molecule has 0 aromatic heterocycles. The summed E-state index contributed by atoms with van der Waals surface area (Å²) < 4.78 is 5.73. The van der Waals surface area contributed by atoms with E-state index >= 15 is 0 Å². The molecule has 1 amide bonds. The second-order valence-corrected chi connectivity index (χ2v) is 4.34. The number of carbonyl (C=O) groups excluding carboxylic acids is 1. The van der Waals surface area contributed by atoms with Gasteiger partial charge in [-0.2, -0.15) is 0 Å². The van der Waals surface area contributed by atoms with Crippen LogP contribution in [-0.2, 0) is 4.79 Å². The summed E-state index contributed by atoms with van der Waals surface area (Å²) in [5, 5.41) is 9.08. The van der Waals surface area contributed by atoms with E-state index in [2.05, 4.69) is 0 Å². The largest absolute Gasteiger partial charge is 0.457 e. The summed E-state index contributed by atoms with van der Waals surface area (Å²) in [4.78, 5) is 11.0. The average molecular weight is 290 g/mol. The lowest BCUT2D eigenvalue weighted by atomic mass is 10.2. The number of hydrogen-bond acceptors (Lipinski definition) is 3. The number of nitrogens with one attached hydrogen (secondary N) is 1. The Labute approximate surface area is 121 Å². The molecule has 0 aliphatic carbocycles. The molecule has 5 heteroatoms. The molecule has 0 aliphatic heterocycles. The standard InChI is InChI=1S/C15H12ClNO3/c16-12-6-8-13(9-7-12)20-14-4-2-1-3-11(14)5-10-15(18)17-19/h1-10,19H,(H,17,18)/b10-5+. The van der Waals surface area contributed by atoms with Crippen molar-refractivity contribution >= 4 is 23.6 Å². The molecule has 102 valence electrons. The Kier molecular flexibility index (Phi) is 4.76. The minimum atomic E-state index is -0.605. The highest BCUT2D eigenvalue weighted by Crippen LogP contribution is 2.27. The molecule has 4 nitrogen and oxygen atoms in total. The first-order chi connectivity index (χ1) is 9.69. The van der Waals surface area contributed by atoms with Gasteiger partial charge in [-0.1, -0.05) is 29.8 Å². The first-order valence-corrected chi connectivity index (χ1v) is 6.21. The zero-order valence-electron chi connectivity index (χ0n) is 10.4. The fraction of sp³-hybridized carbons (Fsp3) is 0. The van der Waals surface area contributed by atoms with E-state index in [9.17, 15) is 4.79 Å². The number of carbonyl (C=O) groups is 1. The van der Waals surface area contributed by atoms with Crippen LogP contribution in [0.1, 0.15) is 5.56 Å². The number of ether oxygens (including phenoxy) is 1. The topological polar surface area (TPSA) is 58.6 Å². The molecular weight excluding hydrogens is 278 g/mol. The summed E-state index contributed by atoms with van der Waals surface area (Å²) in [6.45, 7) is 0. The number of hydroxylamine groups is 1. The lowest BCUT2D eigenvalue weighted by Crippen LogP contribution is -2.14. The lowest BCUT2D eigenvalue weighted by Gasteiger charge is -2.08. The monoisotopic (exact) mass is 289 g/mol. The summed E-state index contributed by atoms with van der Waals surface area (Å²) in [6.07, 6.45) is 2.76. The van der Waals surface area contributed by atoms with Crippen molar-refractivity contribution in [2.75, 3.05) is 0 Å². The summed E-state index contributed by atoms with van der Waals surface area (Å²) in [7, 11) is 0. The van der Waals surface area contributed by atoms with Crippen LogP contribution >= 0.6 is 11.6 Å². The van der Waals surface area contributed by atoms with E-state index in [1.54, 1.807) is 42.5 Å². The van der Waals surface area contributed by atoms with Gasteiger partial charge in [-0.15, -0.1) is 0 Å². The van der Waals surface area contributed by atoms with E-state index in [1.807, 2.05) is 12.1 Å². The molecule has 2 rings (SSSR count). The van der Waals surface area contributed by atoms with E-state index in [0.29, 0.717) is 22.1 Å². The second kappa shape index (κ2) is 6.75. The van der Waals surface area contributed by atoms with Gasteiger partial charge in [-0.3, -0.25) is 10.0 Å². The zero-order valence-corrected chi connectivity index (χ0v) is 11.2. The van der Waals surface area contributed by atoms with Crippen molar-refractivity contribution in [3.8, 4) is 11.5 Å². The van der Waals surface area contributed by atoms with Crippen LogP contribution in [-0.4, -0.2) is 11.1 Å². The van der Waals surface area contributed by atoms with Gasteiger partial charge in [0.05, 0.1) is 0 Å². The Balaban J connectivity index is 2.21. The van der Waals surface area contributed by atoms with Gasteiger partial charge in [0.25, 0.3) is 5.91 Å². The van der Waals surface area contributed by atoms with Crippen molar-refractivity contribution in [3.63, 3.8) is 0 Å². The fourth-order valence-corrected chi connectivity index (χ4v) is 1.67. The molecule has 0 atom stereocenters. The van der Waals surface area contributed by atoms with E-state index in [1.165, 1.54) is 11.6 Å². The molecule has 0 bridgehead atoms. The van der Waals surface area contributed by atoms with Gasteiger partial charge in [0.15, 0.2) is 0 Å². The molecule has 2 aromatic rings. The molecule has 20 heavy (non-hydrogen) atoms. The van der Waals surface area contributed by atoms with Gasteiger partial charge in [0, 0.05) is 16.7 Å². The third kappa shape index (κ3) is 3.85. The van der Waals surface area contributed by atoms with Gasteiger partial charge in [0.2, 0.25) is 0 Å². The predicted octanol–water partition coefficient (Wildman–Crippen LogP) is 3.65. The number of hydrogen-bond donors (Lipinski definition) is 2. The Bertz CT molecular complexity index is 623.